The highest BCUT2D eigenvalue weighted by Crippen LogP contribution is 2.39. The fraction of sp³-hybridized carbons (Fsp3) is 0.286. The molecule has 1 aliphatic rings. The number of ether oxygens (including phenoxy) is 2. The molecule has 0 aliphatic carbocycles. The van der Waals surface area contributed by atoms with E-state index in [1.165, 1.54) is 30.2 Å². The molecule has 0 fully saturated rings. The molecule has 1 aliphatic heterocycles. The molecule has 3 rings (SSSR count). The molecule has 2 aromatic carbocycles. The fourth-order valence-corrected chi connectivity index (χ4v) is 4.32. The first-order valence-corrected chi connectivity index (χ1v) is 10.6. The number of amides is 1. The summed E-state index contributed by atoms with van der Waals surface area (Å²) in [6, 6.07) is 7.82. The summed E-state index contributed by atoms with van der Waals surface area (Å²) < 4.78 is 52.6. The summed E-state index contributed by atoms with van der Waals surface area (Å²) in [5.74, 6) is -0.432. The number of anilines is 2. The summed E-state index contributed by atoms with van der Waals surface area (Å²) in [6.07, 6.45) is 1.58. The van der Waals surface area contributed by atoms with Crippen LogP contribution in [0.4, 0.5) is 15.8 Å². The smallest absolute Gasteiger partial charge is 0.265 e. The van der Waals surface area contributed by atoms with E-state index in [-0.39, 0.29) is 35.4 Å². The number of hydrogen-bond acceptors (Lipinski definition) is 5. The van der Waals surface area contributed by atoms with Crippen molar-refractivity contribution in [2.24, 2.45) is 5.41 Å². The van der Waals surface area contributed by atoms with Crippen molar-refractivity contribution >= 4 is 27.3 Å². The third-order valence-corrected chi connectivity index (χ3v) is 6.04. The summed E-state index contributed by atoms with van der Waals surface area (Å²) in [5, 5.41) is 0. The van der Waals surface area contributed by atoms with Crippen LogP contribution in [-0.2, 0) is 14.8 Å². The number of benzene rings is 2. The Kier molecular flexibility index (Phi) is 5.76. The largest absolute Gasteiger partial charge is 0.495 e. The lowest BCUT2D eigenvalue weighted by molar-refractivity contribution is -0.127. The van der Waals surface area contributed by atoms with Gasteiger partial charge in [-0.25, -0.2) is 12.8 Å². The van der Waals surface area contributed by atoms with Gasteiger partial charge in [0, 0.05) is 6.54 Å². The number of halogens is 1. The first-order valence-electron chi connectivity index (χ1n) is 9.15. The second-order valence-electron chi connectivity index (χ2n) is 7.46. The zero-order valence-electron chi connectivity index (χ0n) is 16.9. The van der Waals surface area contributed by atoms with Crippen LogP contribution in [0.5, 0.6) is 11.5 Å². The number of sulfonamides is 1. The third-order valence-electron chi connectivity index (χ3n) is 4.64. The van der Waals surface area contributed by atoms with Crippen molar-refractivity contribution in [3.63, 3.8) is 0 Å². The average molecular weight is 434 g/mol. The lowest BCUT2D eigenvalue weighted by Crippen LogP contribution is -2.42. The Morgan fingerprint density at radius 1 is 1.30 bits per heavy atom. The highest BCUT2D eigenvalue weighted by Gasteiger charge is 2.37. The Labute approximate surface area is 175 Å². The zero-order chi connectivity index (χ0) is 22.1. The monoisotopic (exact) mass is 434 g/mol. The van der Waals surface area contributed by atoms with Gasteiger partial charge in [-0.05, 0) is 50.2 Å². The van der Waals surface area contributed by atoms with Gasteiger partial charge in [0.25, 0.3) is 10.0 Å². The molecule has 1 N–H and O–H groups in total. The number of rotatable bonds is 6. The van der Waals surface area contributed by atoms with Crippen LogP contribution in [0.25, 0.3) is 0 Å². The molecule has 9 heteroatoms. The summed E-state index contributed by atoms with van der Waals surface area (Å²) in [4.78, 5) is 14.1. The number of hydrogen-bond donors (Lipinski definition) is 1. The van der Waals surface area contributed by atoms with E-state index in [1.807, 2.05) is 0 Å². The van der Waals surface area contributed by atoms with Gasteiger partial charge in [-0.1, -0.05) is 6.08 Å². The number of nitrogens with zero attached hydrogens (tertiary/aromatic N) is 1. The summed E-state index contributed by atoms with van der Waals surface area (Å²) in [5.41, 5.74) is -0.168. The van der Waals surface area contributed by atoms with Crippen molar-refractivity contribution in [3.8, 4) is 11.5 Å². The van der Waals surface area contributed by atoms with Gasteiger partial charge >= 0.3 is 0 Å². The van der Waals surface area contributed by atoms with Crippen LogP contribution >= 0.6 is 0 Å². The van der Waals surface area contributed by atoms with E-state index in [4.69, 9.17) is 9.47 Å². The van der Waals surface area contributed by atoms with Crippen LogP contribution in [0.2, 0.25) is 0 Å². The molecule has 0 unspecified atom stereocenters. The van der Waals surface area contributed by atoms with Crippen molar-refractivity contribution in [3.05, 3.63) is 54.9 Å². The SMILES string of the molecule is C=CCN1C(=O)C(C)(C)COc2ccc(NS(=O)(=O)c3cc(F)ccc3OC)cc21. The maximum absolute atomic E-state index is 13.7. The molecule has 0 spiro atoms. The molecule has 0 saturated carbocycles. The Hall–Kier alpha value is -3.07. The van der Waals surface area contributed by atoms with Gasteiger partial charge in [-0.3, -0.25) is 9.52 Å². The van der Waals surface area contributed by atoms with Gasteiger partial charge in [0.05, 0.1) is 23.9 Å². The van der Waals surface area contributed by atoms with Gasteiger partial charge in [0.2, 0.25) is 5.91 Å². The highest BCUT2D eigenvalue weighted by molar-refractivity contribution is 7.92. The van der Waals surface area contributed by atoms with Crippen molar-refractivity contribution in [1.29, 1.82) is 0 Å². The van der Waals surface area contributed by atoms with Crippen molar-refractivity contribution in [1.82, 2.24) is 0 Å². The summed E-state index contributed by atoms with van der Waals surface area (Å²) in [7, 11) is -2.86. The minimum Gasteiger partial charge on any atom is -0.495 e. The van der Waals surface area contributed by atoms with E-state index in [1.54, 1.807) is 26.0 Å². The maximum Gasteiger partial charge on any atom is 0.265 e. The molecule has 0 atom stereocenters. The number of methoxy groups -OCH3 is 1. The van der Waals surface area contributed by atoms with E-state index < -0.39 is 21.3 Å². The molecule has 1 amide bonds. The highest BCUT2D eigenvalue weighted by atomic mass is 32.2. The van der Waals surface area contributed by atoms with Crippen LogP contribution in [0.1, 0.15) is 13.8 Å². The molecule has 7 nitrogen and oxygen atoms in total. The first-order chi connectivity index (χ1) is 14.1. The van der Waals surface area contributed by atoms with Crippen LogP contribution in [0.3, 0.4) is 0 Å². The van der Waals surface area contributed by atoms with E-state index in [0.717, 1.165) is 12.1 Å². The van der Waals surface area contributed by atoms with Crippen molar-refractivity contribution in [2.75, 3.05) is 29.9 Å². The minimum atomic E-state index is -4.16. The molecule has 0 saturated heterocycles. The lowest BCUT2D eigenvalue weighted by atomic mass is 9.93. The molecule has 1 heterocycles. The second-order valence-corrected chi connectivity index (χ2v) is 9.11. The zero-order valence-corrected chi connectivity index (χ0v) is 17.8. The van der Waals surface area contributed by atoms with Gasteiger partial charge in [0.1, 0.15) is 28.8 Å². The van der Waals surface area contributed by atoms with Crippen LogP contribution in [0, 0.1) is 11.2 Å². The Bertz CT molecular complexity index is 1100. The quantitative estimate of drug-likeness (QED) is 0.703. The van der Waals surface area contributed by atoms with E-state index >= 15 is 0 Å². The second kappa shape index (κ2) is 7.98. The molecular weight excluding hydrogens is 411 g/mol. The standard InChI is InChI=1S/C21H23FN2O5S/c1-5-10-24-16-12-15(7-9-17(16)29-13-21(2,3)20(24)25)23-30(26,27)19-11-14(22)6-8-18(19)28-4/h5-9,11-12,23H,1,10,13H2,2-4H3. The van der Waals surface area contributed by atoms with Crippen LogP contribution in [-0.4, -0.2) is 34.6 Å². The van der Waals surface area contributed by atoms with Gasteiger partial charge in [0.15, 0.2) is 0 Å². The molecule has 0 radical (unpaired) electrons. The summed E-state index contributed by atoms with van der Waals surface area (Å²) >= 11 is 0. The molecule has 30 heavy (non-hydrogen) atoms. The number of nitrogens with one attached hydrogen (secondary N) is 1. The fourth-order valence-electron chi connectivity index (χ4n) is 3.09. The normalized spacial score (nSPS) is 15.6. The molecular formula is C21H23FN2O5S. The number of fused-ring (bicyclic) bond motifs is 1. The molecule has 0 aromatic heterocycles. The topological polar surface area (TPSA) is 84.9 Å². The predicted molar refractivity (Wildman–Crippen MR) is 112 cm³/mol. The Morgan fingerprint density at radius 3 is 2.70 bits per heavy atom. The van der Waals surface area contributed by atoms with E-state index in [9.17, 15) is 17.6 Å². The lowest BCUT2D eigenvalue weighted by Gasteiger charge is -2.27. The van der Waals surface area contributed by atoms with E-state index in [2.05, 4.69) is 11.3 Å². The van der Waals surface area contributed by atoms with Crippen LogP contribution < -0.4 is 19.1 Å². The third kappa shape index (κ3) is 4.11. The molecule has 0 bridgehead atoms. The van der Waals surface area contributed by atoms with Gasteiger partial charge < -0.3 is 14.4 Å². The van der Waals surface area contributed by atoms with Gasteiger partial charge in [-0.15, -0.1) is 6.58 Å². The summed E-state index contributed by atoms with van der Waals surface area (Å²) in [6.45, 7) is 7.65. The average Bonchev–Trinajstić information content (AvgIpc) is 2.78. The first kappa shape index (κ1) is 21.6. The number of carbonyl (C=O) groups excluding carboxylic acids is 1. The van der Waals surface area contributed by atoms with Crippen molar-refractivity contribution < 1.29 is 27.1 Å². The van der Waals surface area contributed by atoms with Crippen LogP contribution in [0.15, 0.2) is 53.9 Å². The Balaban J connectivity index is 2.03. The predicted octanol–water partition coefficient (Wildman–Crippen LogP) is 3.57. The maximum atomic E-state index is 13.7. The molecule has 160 valence electrons. The van der Waals surface area contributed by atoms with Crippen molar-refractivity contribution in [2.45, 2.75) is 18.7 Å². The van der Waals surface area contributed by atoms with E-state index in [0.29, 0.717) is 11.4 Å². The minimum absolute atomic E-state index is 0.00667. The Morgan fingerprint density at radius 2 is 2.03 bits per heavy atom. The molecule has 2 aromatic rings. The number of carbonyl (C=O) groups is 1. The van der Waals surface area contributed by atoms with Gasteiger partial charge in [-0.2, -0.15) is 0 Å².